The van der Waals surface area contributed by atoms with Gasteiger partial charge in [-0.2, -0.15) is 0 Å². The van der Waals surface area contributed by atoms with E-state index in [1.165, 1.54) is 0 Å². The third-order valence-corrected chi connectivity index (χ3v) is 4.03. The van der Waals surface area contributed by atoms with Crippen LogP contribution < -0.4 is 9.47 Å². The molecule has 0 saturated heterocycles. The summed E-state index contributed by atoms with van der Waals surface area (Å²) >= 11 is 0. The topological polar surface area (TPSA) is 73.4 Å². The summed E-state index contributed by atoms with van der Waals surface area (Å²) in [4.78, 5) is 20.2. The molecule has 1 aromatic carbocycles. The van der Waals surface area contributed by atoms with Gasteiger partial charge in [-0.25, -0.2) is 4.79 Å². The maximum atomic E-state index is 12.5. The molecule has 0 radical (unpaired) electrons. The molecule has 0 spiro atoms. The van der Waals surface area contributed by atoms with E-state index in [9.17, 15) is 4.79 Å². The van der Waals surface area contributed by atoms with Crippen LogP contribution in [0.15, 0.2) is 18.3 Å². The average Bonchev–Trinajstić information content (AvgIpc) is 2.96. The minimum atomic E-state index is -0.358. The van der Waals surface area contributed by atoms with Gasteiger partial charge in [0.15, 0.2) is 11.5 Å². The maximum absolute atomic E-state index is 12.5. The van der Waals surface area contributed by atoms with Crippen molar-refractivity contribution < 1.29 is 19.0 Å². The summed E-state index contributed by atoms with van der Waals surface area (Å²) in [5.74, 6) is 0.872. The number of aromatic nitrogens is 2. The summed E-state index contributed by atoms with van der Waals surface area (Å²) < 4.78 is 16.0. The molecule has 0 unspecified atom stereocenters. The molecule has 0 atom stereocenters. The first-order chi connectivity index (χ1) is 11.6. The molecule has 2 aromatic heterocycles. The molecule has 0 aliphatic carbocycles. The number of hydrogen-bond donors (Lipinski definition) is 1. The van der Waals surface area contributed by atoms with E-state index in [2.05, 4.69) is 9.97 Å². The number of benzene rings is 1. The van der Waals surface area contributed by atoms with Gasteiger partial charge >= 0.3 is 5.97 Å². The quantitative estimate of drug-likeness (QED) is 0.726. The second-order valence-electron chi connectivity index (χ2n) is 5.32. The molecule has 1 N–H and O–H groups in total. The number of carbonyl (C=O) groups excluding carboxylic acids is 1. The minimum Gasteiger partial charge on any atom is -0.493 e. The van der Waals surface area contributed by atoms with Crippen LogP contribution in [0.2, 0.25) is 0 Å². The summed E-state index contributed by atoms with van der Waals surface area (Å²) in [6.07, 6.45) is 2.39. The lowest BCUT2D eigenvalue weighted by Crippen LogP contribution is -2.10. The van der Waals surface area contributed by atoms with Gasteiger partial charge in [0.2, 0.25) is 0 Å². The van der Waals surface area contributed by atoms with E-state index in [1.807, 2.05) is 19.1 Å². The number of fused-ring (bicyclic) bond motifs is 3. The van der Waals surface area contributed by atoms with Gasteiger partial charge < -0.3 is 19.2 Å². The molecule has 24 heavy (non-hydrogen) atoms. The van der Waals surface area contributed by atoms with Crippen LogP contribution in [0.5, 0.6) is 11.5 Å². The molecule has 0 fully saturated rings. The standard InChI is InChI=1S/C18H20N2O4/c1-5-11-17(18(21)24-6-2)16-10-7-14(22-3)15(23-4)8-12(10)20-13(16)9-19-11/h7-9,20H,5-6H2,1-4H3. The molecule has 0 aliphatic heterocycles. The molecule has 3 aromatic rings. The highest BCUT2D eigenvalue weighted by Crippen LogP contribution is 2.37. The van der Waals surface area contributed by atoms with Crippen LogP contribution in [0.3, 0.4) is 0 Å². The van der Waals surface area contributed by atoms with E-state index >= 15 is 0 Å². The van der Waals surface area contributed by atoms with Crippen molar-refractivity contribution >= 4 is 27.8 Å². The Morgan fingerprint density at radius 2 is 1.83 bits per heavy atom. The van der Waals surface area contributed by atoms with Crippen LogP contribution >= 0.6 is 0 Å². The van der Waals surface area contributed by atoms with Gasteiger partial charge in [-0.15, -0.1) is 0 Å². The number of nitrogens with zero attached hydrogens (tertiary/aromatic N) is 1. The fraction of sp³-hybridized carbons (Fsp3) is 0.333. The number of aromatic amines is 1. The number of methoxy groups -OCH3 is 2. The first-order valence-corrected chi connectivity index (χ1v) is 7.86. The molecule has 6 nitrogen and oxygen atoms in total. The Hall–Kier alpha value is -2.76. The van der Waals surface area contributed by atoms with E-state index in [0.717, 1.165) is 27.5 Å². The zero-order valence-corrected chi connectivity index (χ0v) is 14.2. The summed E-state index contributed by atoms with van der Waals surface area (Å²) in [5.41, 5.74) is 2.86. The molecule has 6 heteroatoms. The normalized spacial score (nSPS) is 11.0. The number of carbonyl (C=O) groups is 1. The van der Waals surface area contributed by atoms with Crippen molar-refractivity contribution in [1.82, 2.24) is 9.97 Å². The fourth-order valence-corrected chi connectivity index (χ4v) is 2.95. The maximum Gasteiger partial charge on any atom is 0.340 e. The molecule has 0 bridgehead atoms. The van der Waals surface area contributed by atoms with Crippen LogP contribution in [-0.2, 0) is 11.2 Å². The zero-order chi connectivity index (χ0) is 17.3. The largest absolute Gasteiger partial charge is 0.493 e. The van der Waals surface area contributed by atoms with Crippen molar-refractivity contribution in [2.75, 3.05) is 20.8 Å². The average molecular weight is 328 g/mol. The molecular formula is C18H20N2O4. The van der Waals surface area contributed by atoms with Crippen LogP contribution in [0.4, 0.5) is 0 Å². The van der Waals surface area contributed by atoms with Crippen molar-refractivity contribution in [2.45, 2.75) is 20.3 Å². The van der Waals surface area contributed by atoms with Gasteiger partial charge in [0, 0.05) is 16.8 Å². The lowest BCUT2D eigenvalue weighted by Gasteiger charge is -2.09. The Labute approximate surface area is 139 Å². The SMILES string of the molecule is CCOC(=O)c1c(CC)ncc2[nH]c3cc(OC)c(OC)cc3c12. The number of aryl methyl sites for hydroxylation is 1. The predicted molar refractivity (Wildman–Crippen MR) is 92.0 cm³/mol. The number of H-pyrrole nitrogens is 1. The second-order valence-corrected chi connectivity index (χ2v) is 5.32. The number of hydrogen-bond acceptors (Lipinski definition) is 5. The molecule has 0 amide bonds. The molecule has 2 heterocycles. The Balaban J connectivity index is 2.40. The number of nitrogens with one attached hydrogen (secondary N) is 1. The highest BCUT2D eigenvalue weighted by molar-refractivity contribution is 6.17. The van der Waals surface area contributed by atoms with Crippen LogP contribution in [0.1, 0.15) is 29.9 Å². The summed E-state index contributed by atoms with van der Waals surface area (Å²) in [6, 6.07) is 3.73. The van der Waals surface area contributed by atoms with E-state index in [0.29, 0.717) is 30.1 Å². The van der Waals surface area contributed by atoms with E-state index in [4.69, 9.17) is 14.2 Å². The van der Waals surface area contributed by atoms with E-state index < -0.39 is 0 Å². The number of ether oxygens (including phenoxy) is 3. The highest BCUT2D eigenvalue weighted by atomic mass is 16.5. The zero-order valence-electron chi connectivity index (χ0n) is 14.2. The Bertz CT molecular complexity index is 914. The number of rotatable bonds is 5. The van der Waals surface area contributed by atoms with Crippen LogP contribution in [-0.4, -0.2) is 36.8 Å². The third-order valence-electron chi connectivity index (χ3n) is 4.03. The van der Waals surface area contributed by atoms with E-state index in [-0.39, 0.29) is 5.97 Å². The molecule has 3 rings (SSSR count). The Morgan fingerprint density at radius 3 is 2.46 bits per heavy atom. The second kappa shape index (κ2) is 6.39. The lowest BCUT2D eigenvalue weighted by atomic mass is 10.0. The molecule has 0 aliphatic rings. The van der Waals surface area contributed by atoms with Crippen molar-refractivity contribution in [2.24, 2.45) is 0 Å². The summed E-state index contributed by atoms with van der Waals surface area (Å²) in [5, 5.41) is 1.68. The monoisotopic (exact) mass is 328 g/mol. The van der Waals surface area contributed by atoms with Gasteiger partial charge in [0.1, 0.15) is 0 Å². The third kappa shape index (κ3) is 2.44. The van der Waals surface area contributed by atoms with Crippen molar-refractivity contribution in [3.8, 4) is 11.5 Å². The smallest absolute Gasteiger partial charge is 0.340 e. The first kappa shape index (κ1) is 16.1. The molecule has 0 saturated carbocycles. The van der Waals surface area contributed by atoms with Crippen molar-refractivity contribution in [1.29, 1.82) is 0 Å². The number of pyridine rings is 1. The lowest BCUT2D eigenvalue weighted by molar-refractivity contribution is 0.0527. The van der Waals surface area contributed by atoms with E-state index in [1.54, 1.807) is 27.3 Å². The Kier molecular flexibility index (Phi) is 4.29. The van der Waals surface area contributed by atoms with Gasteiger partial charge in [0.25, 0.3) is 0 Å². The highest BCUT2D eigenvalue weighted by Gasteiger charge is 2.21. The Morgan fingerprint density at radius 1 is 1.12 bits per heavy atom. The van der Waals surface area contributed by atoms with Gasteiger partial charge in [-0.3, -0.25) is 4.98 Å². The minimum absolute atomic E-state index is 0.317. The van der Waals surface area contributed by atoms with Crippen molar-refractivity contribution in [3.05, 3.63) is 29.6 Å². The van der Waals surface area contributed by atoms with Crippen molar-refractivity contribution in [3.63, 3.8) is 0 Å². The van der Waals surface area contributed by atoms with Gasteiger partial charge in [0.05, 0.1) is 49.3 Å². The summed E-state index contributed by atoms with van der Waals surface area (Å²) in [7, 11) is 3.18. The van der Waals surface area contributed by atoms with Gasteiger partial charge in [-0.05, 0) is 19.4 Å². The molecule has 126 valence electrons. The summed E-state index contributed by atoms with van der Waals surface area (Å²) in [6.45, 7) is 4.08. The first-order valence-electron chi connectivity index (χ1n) is 7.86. The molecular weight excluding hydrogens is 308 g/mol. The van der Waals surface area contributed by atoms with Crippen LogP contribution in [0.25, 0.3) is 21.8 Å². The van der Waals surface area contributed by atoms with Crippen LogP contribution in [0, 0.1) is 0 Å². The van der Waals surface area contributed by atoms with Gasteiger partial charge in [-0.1, -0.05) is 6.92 Å². The number of esters is 1. The fourth-order valence-electron chi connectivity index (χ4n) is 2.95. The predicted octanol–water partition coefficient (Wildman–Crippen LogP) is 3.47.